The largest absolute Gasteiger partial charge is 0.366 e. The molecule has 2 atom stereocenters. The van der Waals surface area contributed by atoms with Crippen LogP contribution in [-0.2, 0) is 6.54 Å². The molecule has 1 fully saturated rings. The highest BCUT2D eigenvalue weighted by molar-refractivity contribution is 6.21. The second-order valence-corrected chi connectivity index (χ2v) is 10.0. The van der Waals surface area contributed by atoms with Gasteiger partial charge in [-0.05, 0) is 43.5 Å². The molecule has 0 bridgehead atoms. The molecule has 38 heavy (non-hydrogen) atoms. The number of pyridine rings is 1. The molecular weight excluding hydrogens is 477 g/mol. The number of carbonyl (C=O) groups is 1. The molecule has 3 aliphatic heterocycles. The number of para-hydroxylation sites is 1. The number of aromatic nitrogens is 4. The number of nitrogens with one attached hydrogen (secondary N) is 1. The summed E-state index contributed by atoms with van der Waals surface area (Å²) in [5.74, 6) is 1.40. The number of aryl methyl sites for hydroxylation is 1. The van der Waals surface area contributed by atoms with Gasteiger partial charge < -0.3 is 10.2 Å². The molecule has 3 aliphatic rings. The molecule has 192 valence electrons. The lowest BCUT2D eigenvalue weighted by atomic mass is 9.85. The van der Waals surface area contributed by atoms with Gasteiger partial charge in [-0.2, -0.15) is 15.0 Å². The minimum atomic E-state index is -0.0629. The van der Waals surface area contributed by atoms with Crippen LogP contribution < -0.4 is 5.32 Å². The van der Waals surface area contributed by atoms with Crippen LogP contribution in [0.4, 0.5) is 0 Å². The minimum Gasteiger partial charge on any atom is -0.366 e. The van der Waals surface area contributed by atoms with Crippen LogP contribution in [0.5, 0.6) is 0 Å². The molecule has 3 aromatic rings. The molecule has 6 rings (SSSR count). The molecule has 5 heterocycles. The Balaban J connectivity index is 1.14. The van der Waals surface area contributed by atoms with Crippen molar-refractivity contribution in [3.8, 4) is 5.69 Å². The van der Waals surface area contributed by atoms with Crippen LogP contribution in [0.3, 0.4) is 0 Å². The predicted octanol–water partition coefficient (Wildman–Crippen LogP) is 1.96. The van der Waals surface area contributed by atoms with E-state index in [-0.39, 0.29) is 23.8 Å². The third-order valence-corrected chi connectivity index (χ3v) is 7.33. The topological polar surface area (TPSA) is 104 Å². The van der Waals surface area contributed by atoms with Crippen LogP contribution in [0.2, 0.25) is 5.82 Å². The van der Waals surface area contributed by atoms with Gasteiger partial charge in [0.15, 0.2) is 5.69 Å². The van der Waals surface area contributed by atoms with Crippen molar-refractivity contribution < 1.29 is 4.79 Å². The third-order valence-electron chi connectivity index (χ3n) is 7.33. The van der Waals surface area contributed by atoms with E-state index in [1.807, 2.05) is 65.6 Å². The highest BCUT2D eigenvalue weighted by atomic mass is 16.2. The van der Waals surface area contributed by atoms with Crippen molar-refractivity contribution in [3.05, 3.63) is 83.7 Å². The van der Waals surface area contributed by atoms with E-state index in [0.717, 1.165) is 35.6 Å². The Morgan fingerprint density at radius 1 is 1.11 bits per heavy atom. The van der Waals surface area contributed by atoms with Crippen LogP contribution in [0, 0.1) is 12.8 Å². The number of carbonyl (C=O) groups excluding carboxylic acids is 1. The zero-order chi connectivity index (χ0) is 26.1. The lowest BCUT2D eigenvalue weighted by Gasteiger charge is -2.35. The van der Waals surface area contributed by atoms with Gasteiger partial charge >= 0.3 is 0 Å². The Kier molecular flexibility index (Phi) is 6.49. The van der Waals surface area contributed by atoms with E-state index in [1.165, 1.54) is 4.80 Å². The number of piperidine rings is 1. The van der Waals surface area contributed by atoms with E-state index >= 15 is 0 Å². The van der Waals surface area contributed by atoms with E-state index in [9.17, 15) is 4.79 Å². The van der Waals surface area contributed by atoms with Gasteiger partial charge in [0, 0.05) is 61.8 Å². The second kappa shape index (κ2) is 10.2. The number of likely N-dealkylation sites (tertiary alicyclic amines) is 1. The Bertz CT molecular complexity index is 1390. The van der Waals surface area contributed by atoms with Crippen molar-refractivity contribution in [2.75, 3.05) is 13.1 Å². The van der Waals surface area contributed by atoms with Crippen LogP contribution in [0.15, 0.2) is 76.8 Å². The number of nitrogens with zero attached hydrogens (tertiary/aromatic N) is 8. The molecule has 1 amide bonds. The summed E-state index contributed by atoms with van der Waals surface area (Å²) >= 11 is 0. The van der Waals surface area contributed by atoms with E-state index in [1.54, 1.807) is 6.20 Å². The summed E-state index contributed by atoms with van der Waals surface area (Å²) in [6.45, 7) is 3.82. The molecule has 1 saturated heterocycles. The van der Waals surface area contributed by atoms with Crippen molar-refractivity contribution >= 4 is 25.7 Å². The summed E-state index contributed by atoms with van der Waals surface area (Å²) in [4.78, 5) is 26.1. The first-order chi connectivity index (χ1) is 18.6. The Hall–Kier alpha value is -4.28. The maximum absolute atomic E-state index is 13.3. The van der Waals surface area contributed by atoms with E-state index in [0.29, 0.717) is 31.0 Å². The van der Waals surface area contributed by atoms with Crippen LogP contribution in [0.1, 0.15) is 34.6 Å². The van der Waals surface area contributed by atoms with Crippen LogP contribution >= 0.6 is 0 Å². The van der Waals surface area contributed by atoms with Crippen molar-refractivity contribution in [2.24, 2.45) is 16.0 Å². The zero-order valence-electron chi connectivity index (χ0n) is 21.6. The molecule has 2 aromatic heterocycles. The maximum atomic E-state index is 13.3. The Morgan fingerprint density at radius 3 is 2.68 bits per heavy atom. The normalized spacial score (nSPS) is 21.2. The Morgan fingerprint density at radius 2 is 1.92 bits per heavy atom. The van der Waals surface area contributed by atoms with Gasteiger partial charge in [0.05, 0.1) is 11.4 Å². The molecule has 11 heteroatoms. The van der Waals surface area contributed by atoms with Crippen molar-refractivity contribution in [3.63, 3.8) is 0 Å². The van der Waals surface area contributed by atoms with E-state index in [2.05, 4.69) is 45.6 Å². The SMILES string of the molecule is BC1C=NN2C(NCc3cccnc3)=CC(C3CCN(C(=O)c4nn(-c5ccccc5)nc4C)CC3)=NC12. The number of hydrazone groups is 1. The Labute approximate surface area is 222 Å². The molecule has 10 nitrogen and oxygen atoms in total. The van der Waals surface area contributed by atoms with Gasteiger partial charge in [0.2, 0.25) is 0 Å². The van der Waals surface area contributed by atoms with Gasteiger partial charge in [-0.1, -0.05) is 24.3 Å². The summed E-state index contributed by atoms with van der Waals surface area (Å²) in [6, 6.07) is 13.7. The standard InChI is InChI=1S/C27H30BN9O/c1-18-25(34-37(33-18)21-7-3-2-4-8-21)27(38)35-12-9-20(10-13-35)23-14-24(30-16-19-6-5-11-29-15-19)36-26(32-23)22(28)17-31-36/h2-8,11,14-15,17,20,22,26,30H,9-10,12-13,16,28H2,1H3. The summed E-state index contributed by atoms with van der Waals surface area (Å²) in [6.07, 6.45) is 9.39. The van der Waals surface area contributed by atoms with Crippen molar-refractivity contribution in [1.82, 2.24) is 35.2 Å². The number of benzene rings is 1. The van der Waals surface area contributed by atoms with E-state index < -0.39 is 0 Å². The number of amides is 1. The number of rotatable bonds is 6. The number of hydrogen-bond acceptors (Lipinski definition) is 8. The van der Waals surface area contributed by atoms with Gasteiger partial charge in [-0.3, -0.25) is 14.8 Å². The first kappa shape index (κ1) is 24.1. The fraction of sp³-hybridized carbons (Fsp3) is 0.333. The lowest BCUT2D eigenvalue weighted by molar-refractivity contribution is 0.0702. The molecule has 1 aromatic carbocycles. The lowest BCUT2D eigenvalue weighted by Crippen LogP contribution is -2.43. The monoisotopic (exact) mass is 507 g/mol. The summed E-state index contributed by atoms with van der Waals surface area (Å²) < 4.78 is 0. The fourth-order valence-corrected chi connectivity index (χ4v) is 5.15. The van der Waals surface area contributed by atoms with Gasteiger partial charge in [0.25, 0.3) is 5.91 Å². The average Bonchev–Trinajstić information content (AvgIpc) is 3.55. The molecule has 0 spiro atoms. The molecule has 0 saturated carbocycles. The molecule has 0 radical (unpaired) electrons. The van der Waals surface area contributed by atoms with Crippen molar-refractivity contribution in [1.29, 1.82) is 0 Å². The van der Waals surface area contributed by atoms with Crippen LogP contribution in [-0.4, -0.2) is 74.8 Å². The van der Waals surface area contributed by atoms with Gasteiger partial charge in [0.1, 0.15) is 19.8 Å². The average molecular weight is 507 g/mol. The highest BCUT2D eigenvalue weighted by Crippen LogP contribution is 2.31. The van der Waals surface area contributed by atoms with E-state index in [4.69, 9.17) is 4.99 Å². The zero-order valence-corrected chi connectivity index (χ0v) is 21.6. The first-order valence-corrected chi connectivity index (χ1v) is 13.1. The maximum Gasteiger partial charge on any atom is 0.276 e. The van der Waals surface area contributed by atoms with Gasteiger partial charge in [-0.15, -0.1) is 5.10 Å². The summed E-state index contributed by atoms with van der Waals surface area (Å²) in [5.41, 5.74) is 4.08. The third kappa shape index (κ3) is 4.71. The number of hydrogen-bond donors (Lipinski definition) is 1. The number of aliphatic imine (C=N–C) groups is 1. The molecular formula is C27H30BN9O. The number of allylic oxidation sites excluding steroid dienone is 1. The quantitative estimate of drug-likeness (QED) is 0.512. The summed E-state index contributed by atoms with van der Waals surface area (Å²) in [7, 11) is 2.14. The van der Waals surface area contributed by atoms with Gasteiger partial charge in [-0.25, -0.2) is 5.01 Å². The van der Waals surface area contributed by atoms with Crippen molar-refractivity contribution in [2.45, 2.75) is 38.3 Å². The fourth-order valence-electron chi connectivity index (χ4n) is 5.15. The molecule has 1 N–H and O–H groups in total. The molecule has 2 unspecified atom stereocenters. The molecule has 0 aliphatic carbocycles. The minimum absolute atomic E-state index is 0.0401. The number of fused-ring (bicyclic) bond motifs is 1. The predicted molar refractivity (Wildman–Crippen MR) is 148 cm³/mol. The smallest absolute Gasteiger partial charge is 0.276 e. The summed E-state index contributed by atoms with van der Waals surface area (Å²) in [5, 5.41) is 19.1. The highest BCUT2D eigenvalue weighted by Gasteiger charge is 2.36. The first-order valence-electron chi connectivity index (χ1n) is 13.1. The van der Waals surface area contributed by atoms with Crippen LogP contribution in [0.25, 0.3) is 5.69 Å². The second-order valence-electron chi connectivity index (χ2n) is 10.0.